The number of nitrogens with two attached hydrogens (primary N) is 2. The smallest absolute Gasteiger partial charge is 0.260 e. The number of carbonyl (C=O) groups is 1. The molecule has 0 amide bonds. The van der Waals surface area contributed by atoms with E-state index in [1.54, 1.807) is 43.3 Å². The Kier molecular flexibility index (Phi) is 33.3. The first-order valence-electron chi connectivity index (χ1n) is 19.2. The normalized spacial score (nSPS) is 25.6. The zero-order valence-electron chi connectivity index (χ0n) is 35.4. The minimum atomic E-state index is -0.750. The number of pyridine rings is 1. The molecule has 0 atom stereocenters. The van der Waals surface area contributed by atoms with Crippen molar-refractivity contribution in [1.29, 1.82) is 0 Å². The van der Waals surface area contributed by atoms with Crippen LogP contribution in [0.15, 0.2) is 53.3 Å². The molecule has 368 valence electrons. The van der Waals surface area contributed by atoms with Crippen LogP contribution in [0.4, 0.5) is 0 Å². The Labute approximate surface area is 422 Å². The molecule has 8 bridgehead atoms. The third kappa shape index (κ3) is 18.6. The van der Waals surface area contributed by atoms with E-state index >= 15 is 0 Å². The van der Waals surface area contributed by atoms with E-state index in [1.807, 2.05) is 12.1 Å². The van der Waals surface area contributed by atoms with Crippen molar-refractivity contribution in [2.24, 2.45) is 11.5 Å². The molecular formula is C37H62Br3Cl4N11O9. The van der Waals surface area contributed by atoms with E-state index in [2.05, 4.69) is 77.6 Å². The van der Waals surface area contributed by atoms with E-state index in [9.17, 15) is 19.8 Å². The lowest BCUT2D eigenvalue weighted by atomic mass is 10.0. The molecule has 8 fully saturated rings. The van der Waals surface area contributed by atoms with Gasteiger partial charge in [-0.2, -0.15) is 0 Å². The van der Waals surface area contributed by atoms with Crippen molar-refractivity contribution in [2.45, 2.75) is 18.0 Å². The highest BCUT2D eigenvalue weighted by Crippen LogP contribution is 2.39. The number of aromatic nitrogens is 1. The zero-order valence-corrected chi connectivity index (χ0v) is 43.3. The Morgan fingerprint density at radius 2 is 0.922 bits per heavy atom. The second-order valence-corrected chi connectivity index (χ2v) is 17.0. The first kappa shape index (κ1) is 63.2. The average Bonchev–Trinajstić information content (AvgIpc) is 3.51. The number of nitrogens with zero attached hydrogens (tertiary/aromatic N) is 9. The summed E-state index contributed by atoms with van der Waals surface area (Å²) in [6.07, 6.45) is 0. The number of aliphatic hydroxyl groups excluding tert-OH is 7. The second-order valence-electron chi connectivity index (χ2n) is 14.1. The van der Waals surface area contributed by atoms with Crippen LogP contribution < -0.4 is 34.0 Å². The lowest BCUT2D eigenvalue weighted by molar-refractivity contribution is -0.994. The van der Waals surface area contributed by atoms with E-state index in [0.29, 0.717) is 33.2 Å². The number of halogens is 7. The van der Waals surface area contributed by atoms with Crippen molar-refractivity contribution >= 4 is 95.6 Å². The summed E-state index contributed by atoms with van der Waals surface area (Å²) in [5, 5.41) is 57.3. The number of carbonyl (C=O) groups excluding carboxylic acids is 1. The fraction of sp³-hybridized carbons (Fsp3) is 0.568. The molecule has 0 radical (unpaired) electrons. The van der Waals surface area contributed by atoms with Crippen LogP contribution in [-0.4, -0.2) is 207 Å². The fourth-order valence-electron chi connectivity index (χ4n) is 8.09. The lowest BCUT2D eigenvalue weighted by Gasteiger charge is -2.59. The summed E-state index contributed by atoms with van der Waals surface area (Å²) in [5.74, 6) is -0.0981. The zero-order chi connectivity index (χ0) is 46.4. The molecule has 9 aliphatic rings. The van der Waals surface area contributed by atoms with Crippen molar-refractivity contribution in [2.75, 3.05) is 118 Å². The molecule has 8 saturated heterocycles. The molecule has 27 heteroatoms. The quantitative estimate of drug-likeness (QED) is 0.0569. The van der Waals surface area contributed by atoms with Crippen molar-refractivity contribution < 1.29 is 62.0 Å². The van der Waals surface area contributed by atoms with Gasteiger partial charge in [0.15, 0.2) is 16.8 Å². The summed E-state index contributed by atoms with van der Waals surface area (Å²) in [5.41, 5.74) is 10.9. The molecule has 0 saturated carbocycles. The van der Waals surface area contributed by atoms with Gasteiger partial charge in [0.2, 0.25) is 0 Å². The molecule has 0 unspecified atom stereocenters. The SMILES string of the molecule is C1N2CN3CN1CN(C2)C3.CCO.Cl.ClC(Cl)Cl.NCO.NCO.O=C1c2ccccc2-c2c1c1ccccc1c(=O)n2CO.OCBr.OCBr.OC[N+]12CN3CN(CN(C3)C1)C2.[Br-]. The van der Waals surface area contributed by atoms with Crippen LogP contribution in [0.3, 0.4) is 0 Å². The summed E-state index contributed by atoms with van der Waals surface area (Å²) < 4.78 is 1.35. The molecule has 2 aromatic carbocycles. The van der Waals surface area contributed by atoms with Crippen LogP contribution >= 0.6 is 79.1 Å². The average molecular weight is 1190 g/mol. The van der Waals surface area contributed by atoms with Gasteiger partial charge in [0.25, 0.3) is 5.56 Å². The fourth-order valence-corrected chi connectivity index (χ4v) is 8.09. The molecular weight excluding hydrogens is 1120 g/mol. The minimum Gasteiger partial charge on any atom is -1.00 e. The van der Waals surface area contributed by atoms with Gasteiger partial charge in [0.05, 0.1) is 95.8 Å². The first-order chi connectivity index (χ1) is 29.7. The highest BCUT2D eigenvalue weighted by atomic mass is 79.9. The highest BCUT2D eigenvalue weighted by Gasteiger charge is 2.48. The summed E-state index contributed by atoms with van der Waals surface area (Å²) in [7, 11) is 0. The van der Waals surface area contributed by atoms with Crippen molar-refractivity contribution in [3.63, 3.8) is 0 Å². The van der Waals surface area contributed by atoms with Gasteiger partial charge in [0.1, 0.15) is 26.7 Å². The first-order valence-corrected chi connectivity index (χ1v) is 22.7. The van der Waals surface area contributed by atoms with Crippen LogP contribution in [0.1, 0.15) is 22.8 Å². The van der Waals surface area contributed by atoms with Crippen LogP contribution in [0.2, 0.25) is 0 Å². The predicted molar refractivity (Wildman–Crippen MR) is 254 cm³/mol. The molecule has 64 heavy (non-hydrogen) atoms. The maximum atomic E-state index is 12.7. The summed E-state index contributed by atoms with van der Waals surface area (Å²) >= 11 is 19.8. The van der Waals surface area contributed by atoms with Crippen LogP contribution in [0, 0.1) is 0 Å². The lowest BCUT2D eigenvalue weighted by Crippen LogP contribution is -3.00. The Morgan fingerprint density at radius 1 is 0.625 bits per heavy atom. The summed E-state index contributed by atoms with van der Waals surface area (Å²) in [6.45, 7) is 14.8. The monoisotopic (exact) mass is 1180 g/mol. The molecule has 12 rings (SSSR count). The maximum Gasteiger partial charge on any atom is 0.260 e. The van der Waals surface area contributed by atoms with Crippen LogP contribution in [0.25, 0.3) is 22.0 Å². The number of rotatable bonds is 2. The number of aliphatic hydroxyl groups is 7. The van der Waals surface area contributed by atoms with Gasteiger partial charge in [-0.3, -0.25) is 38.2 Å². The summed E-state index contributed by atoms with van der Waals surface area (Å²) in [6, 6.07) is 14.2. The van der Waals surface area contributed by atoms with Crippen LogP contribution in [0.5, 0.6) is 0 Å². The molecule has 9 heterocycles. The van der Waals surface area contributed by atoms with E-state index in [0.717, 1.165) is 44.5 Å². The Balaban J connectivity index is 0.000000796. The second kappa shape index (κ2) is 33.7. The van der Waals surface area contributed by atoms with Crippen LogP contribution in [-0.2, 0) is 6.73 Å². The Hall–Kier alpha value is -0.760. The predicted octanol–water partition coefficient (Wildman–Crippen LogP) is -2.55. The molecule has 20 nitrogen and oxygen atoms in total. The van der Waals surface area contributed by atoms with Gasteiger partial charge >= 0.3 is 0 Å². The van der Waals surface area contributed by atoms with E-state index in [-0.39, 0.29) is 78.6 Å². The van der Waals surface area contributed by atoms with E-state index < -0.39 is 11.0 Å². The Bertz CT molecular complexity index is 1730. The molecule has 1 aliphatic carbocycles. The number of ketones is 1. The molecule has 1 aromatic heterocycles. The van der Waals surface area contributed by atoms with Crippen molar-refractivity contribution in [3.05, 3.63) is 70.0 Å². The van der Waals surface area contributed by atoms with Gasteiger partial charge in [-0.05, 0) is 13.0 Å². The van der Waals surface area contributed by atoms with Gasteiger partial charge in [-0.1, -0.05) is 109 Å². The third-order valence-corrected chi connectivity index (χ3v) is 9.37. The number of alkyl halides is 5. The molecule has 8 aliphatic heterocycles. The largest absolute Gasteiger partial charge is 1.00 e. The van der Waals surface area contributed by atoms with E-state index in [1.165, 1.54) is 44.6 Å². The summed E-state index contributed by atoms with van der Waals surface area (Å²) in [4.78, 5) is 42.3. The number of benzene rings is 2. The Morgan fingerprint density at radius 3 is 1.25 bits per heavy atom. The van der Waals surface area contributed by atoms with Crippen molar-refractivity contribution in [1.82, 2.24) is 38.9 Å². The number of hydrogen-bond donors (Lipinski definition) is 9. The minimum absolute atomic E-state index is 0. The number of hydrogen-bond acceptors (Lipinski definition) is 18. The van der Waals surface area contributed by atoms with Gasteiger partial charge in [0, 0.05) is 28.5 Å². The highest BCUT2D eigenvalue weighted by molar-refractivity contribution is 9.09. The topological polar surface area (TPSA) is 255 Å². The molecule has 0 spiro atoms. The van der Waals surface area contributed by atoms with Gasteiger partial charge in [-0.25, -0.2) is 14.7 Å². The molecule has 11 N–H and O–H groups in total. The molecule has 3 aromatic rings. The van der Waals surface area contributed by atoms with E-state index in [4.69, 9.17) is 60.3 Å². The van der Waals surface area contributed by atoms with Crippen molar-refractivity contribution in [3.8, 4) is 11.3 Å². The maximum absolute atomic E-state index is 12.7. The number of quaternary nitrogens is 1. The third-order valence-electron chi connectivity index (χ3n) is 9.37. The number of fused-ring (bicyclic) bond motifs is 5. The van der Waals surface area contributed by atoms with Gasteiger partial charge < -0.3 is 64.2 Å². The van der Waals surface area contributed by atoms with Gasteiger partial charge in [-0.15, -0.1) is 12.4 Å². The standard InChI is InChI=1S/C17H11NO3.C7H15N4O.C6H12N4.C2H6O.2CH3BrO.CHCl3.2CH5NO.BrH.ClH/c19-9-18-15-11-6-2-3-7-12(11)16(20)14(15)10-5-1-4-8-13(10)17(18)21;12-7-11-4-8-1-9(5-11)3-10(2-8)6-11;1-7-2-9-4-8(1)5-10(3-7)6-9;1-2-3;2*2-1-3;2-1(3)4;2*2-1-3;;/h1-8,19H,9H2;12H,1-7H2;1-6H2;3H,2H2,1H3;2*3H,1H2;1H;2*3H,1-2H2;2*1H/q;+1;;;;;;;;;/p-1.